The predicted molar refractivity (Wildman–Crippen MR) is 83.6 cm³/mol. The monoisotopic (exact) mass is 281 g/mol. The van der Waals surface area contributed by atoms with Crippen molar-refractivity contribution in [3.05, 3.63) is 71.5 Å². The summed E-state index contributed by atoms with van der Waals surface area (Å²) in [4.78, 5) is 0. The smallest absolute Gasteiger partial charge is 0.184 e. The highest BCUT2D eigenvalue weighted by Gasteiger charge is 2.36. The standard InChI is InChI=1S/C18H19NO2/c1-20-16-9-5-8-15(13-16)18(19)11-10-17(21-18)12-14-6-3-2-4-7-14/h2-9,12-13H,10-11,19H2,1H3/b17-12+. The molecule has 1 fully saturated rings. The van der Waals surface area contributed by atoms with Gasteiger partial charge >= 0.3 is 0 Å². The SMILES string of the molecule is COc1cccc(C2(N)CC/C(=C\c3ccccc3)O2)c1. The van der Waals surface area contributed by atoms with E-state index >= 15 is 0 Å². The molecule has 0 spiro atoms. The maximum Gasteiger partial charge on any atom is 0.184 e. The first-order valence-electron chi connectivity index (χ1n) is 7.08. The van der Waals surface area contributed by atoms with Crippen LogP contribution in [-0.4, -0.2) is 7.11 Å². The molecule has 1 aliphatic rings. The molecule has 108 valence electrons. The number of rotatable bonds is 3. The molecule has 1 aliphatic heterocycles. The number of benzene rings is 2. The van der Waals surface area contributed by atoms with Crippen LogP contribution in [0.4, 0.5) is 0 Å². The van der Waals surface area contributed by atoms with Gasteiger partial charge in [0.25, 0.3) is 0 Å². The van der Waals surface area contributed by atoms with Gasteiger partial charge in [-0.25, -0.2) is 0 Å². The van der Waals surface area contributed by atoms with E-state index in [4.69, 9.17) is 15.2 Å². The van der Waals surface area contributed by atoms with Gasteiger partial charge in [-0.1, -0.05) is 42.5 Å². The molecule has 21 heavy (non-hydrogen) atoms. The maximum absolute atomic E-state index is 6.43. The van der Waals surface area contributed by atoms with Gasteiger partial charge in [-0.3, -0.25) is 5.73 Å². The van der Waals surface area contributed by atoms with Crippen LogP contribution < -0.4 is 10.5 Å². The highest BCUT2D eigenvalue weighted by molar-refractivity contribution is 5.52. The van der Waals surface area contributed by atoms with E-state index < -0.39 is 5.72 Å². The van der Waals surface area contributed by atoms with Crippen molar-refractivity contribution >= 4 is 6.08 Å². The Morgan fingerprint density at radius 1 is 1.14 bits per heavy atom. The van der Waals surface area contributed by atoms with Gasteiger partial charge in [-0.2, -0.15) is 0 Å². The van der Waals surface area contributed by atoms with E-state index in [9.17, 15) is 0 Å². The van der Waals surface area contributed by atoms with Crippen LogP contribution in [0.15, 0.2) is 60.4 Å². The van der Waals surface area contributed by atoms with Crippen molar-refractivity contribution in [1.82, 2.24) is 0 Å². The molecule has 1 heterocycles. The molecule has 0 amide bonds. The molecule has 0 radical (unpaired) electrons. The first kappa shape index (κ1) is 13.7. The fraction of sp³-hybridized carbons (Fsp3) is 0.222. The molecule has 0 bridgehead atoms. The quantitative estimate of drug-likeness (QED) is 0.933. The lowest BCUT2D eigenvalue weighted by Gasteiger charge is -2.24. The summed E-state index contributed by atoms with van der Waals surface area (Å²) in [5, 5.41) is 0. The molecule has 2 aromatic rings. The van der Waals surface area contributed by atoms with E-state index in [0.29, 0.717) is 0 Å². The van der Waals surface area contributed by atoms with E-state index in [1.165, 1.54) is 0 Å². The summed E-state index contributed by atoms with van der Waals surface area (Å²) in [6.45, 7) is 0. The molecule has 2 aromatic carbocycles. The van der Waals surface area contributed by atoms with Crippen LogP contribution >= 0.6 is 0 Å². The topological polar surface area (TPSA) is 44.5 Å². The molecule has 0 aliphatic carbocycles. The van der Waals surface area contributed by atoms with Crippen molar-refractivity contribution in [1.29, 1.82) is 0 Å². The normalized spacial score (nSPS) is 23.0. The summed E-state index contributed by atoms with van der Waals surface area (Å²) in [5.41, 5.74) is 7.73. The third-order valence-electron chi connectivity index (χ3n) is 3.74. The average Bonchev–Trinajstić information content (AvgIpc) is 2.91. The van der Waals surface area contributed by atoms with Crippen LogP contribution in [0.2, 0.25) is 0 Å². The van der Waals surface area contributed by atoms with Gasteiger partial charge in [0.1, 0.15) is 5.75 Å². The second-order valence-electron chi connectivity index (χ2n) is 5.24. The summed E-state index contributed by atoms with van der Waals surface area (Å²) in [5.74, 6) is 1.72. The van der Waals surface area contributed by atoms with Crippen LogP contribution in [0.25, 0.3) is 6.08 Å². The van der Waals surface area contributed by atoms with E-state index in [1.807, 2.05) is 42.5 Å². The number of hydrogen-bond donors (Lipinski definition) is 1. The molecule has 3 heteroatoms. The highest BCUT2D eigenvalue weighted by atomic mass is 16.5. The fourth-order valence-electron chi connectivity index (χ4n) is 2.57. The average molecular weight is 281 g/mol. The Morgan fingerprint density at radius 3 is 2.71 bits per heavy atom. The second kappa shape index (κ2) is 5.62. The lowest BCUT2D eigenvalue weighted by atomic mass is 10.0. The number of hydrogen-bond acceptors (Lipinski definition) is 3. The minimum absolute atomic E-state index is 0.763. The molecular weight excluding hydrogens is 262 g/mol. The maximum atomic E-state index is 6.43. The zero-order valence-corrected chi connectivity index (χ0v) is 12.1. The van der Waals surface area contributed by atoms with Gasteiger partial charge in [-0.05, 0) is 23.8 Å². The van der Waals surface area contributed by atoms with E-state index in [0.717, 1.165) is 35.5 Å². The van der Waals surface area contributed by atoms with Gasteiger partial charge in [0.05, 0.1) is 12.9 Å². The number of methoxy groups -OCH3 is 1. The molecule has 0 saturated carbocycles. The zero-order chi connectivity index (χ0) is 14.7. The molecule has 2 N–H and O–H groups in total. The van der Waals surface area contributed by atoms with Gasteiger partial charge in [0.15, 0.2) is 5.72 Å². The Morgan fingerprint density at radius 2 is 1.95 bits per heavy atom. The second-order valence-corrected chi connectivity index (χ2v) is 5.24. The van der Waals surface area contributed by atoms with Crippen LogP contribution in [0.3, 0.4) is 0 Å². The molecule has 3 nitrogen and oxygen atoms in total. The summed E-state index contributed by atoms with van der Waals surface area (Å²) < 4.78 is 11.3. The molecule has 1 atom stereocenters. The summed E-state index contributed by atoms with van der Waals surface area (Å²) in [6, 6.07) is 17.9. The Kier molecular flexibility index (Phi) is 3.67. The van der Waals surface area contributed by atoms with Crippen LogP contribution in [0.1, 0.15) is 24.0 Å². The van der Waals surface area contributed by atoms with Gasteiger partial charge in [-0.15, -0.1) is 0 Å². The van der Waals surface area contributed by atoms with Gasteiger partial charge in [0, 0.05) is 18.4 Å². The summed E-state index contributed by atoms with van der Waals surface area (Å²) in [7, 11) is 1.65. The Labute approximate surface area is 125 Å². The Balaban J connectivity index is 1.83. The fourth-order valence-corrected chi connectivity index (χ4v) is 2.57. The number of ether oxygens (including phenoxy) is 2. The molecule has 3 rings (SSSR count). The summed E-state index contributed by atoms with van der Waals surface area (Å²) in [6.07, 6.45) is 3.65. The number of nitrogens with two attached hydrogens (primary N) is 1. The van der Waals surface area contributed by atoms with Crippen molar-refractivity contribution in [2.24, 2.45) is 5.73 Å². The minimum Gasteiger partial charge on any atom is -0.497 e. The first-order chi connectivity index (χ1) is 10.2. The van der Waals surface area contributed by atoms with E-state index in [-0.39, 0.29) is 0 Å². The van der Waals surface area contributed by atoms with Crippen LogP contribution in [-0.2, 0) is 10.5 Å². The summed E-state index contributed by atoms with van der Waals surface area (Å²) >= 11 is 0. The third-order valence-corrected chi connectivity index (χ3v) is 3.74. The lowest BCUT2D eigenvalue weighted by Crippen LogP contribution is -2.35. The Bertz CT molecular complexity index is 651. The highest BCUT2D eigenvalue weighted by Crippen LogP contribution is 2.38. The van der Waals surface area contributed by atoms with Crippen LogP contribution in [0, 0.1) is 0 Å². The zero-order valence-electron chi connectivity index (χ0n) is 12.1. The van der Waals surface area contributed by atoms with E-state index in [2.05, 4.69) is 18.2 Å². The van der Waals surface area contributed by atoms with Gasteiger partial charge < -0.3 is 9.47 Å². The van der Waals surface area contributed by atoms with Crippen molar-refractivity contribution in [2.45, 2.75) is 18.6 Å². The Hall–Kier alpha value is -2.26. The molecule has 0 aromatic heterocycles. The largest absolute Gasteiger partial charge is 0.497 e. The predicted octanol–water partition coefficient (Wildman–Crippen LogP) is 3.66. The lowest BCUT2D eigenvalue weighted by molar-refractivity contribution is 0.0439. The van der Waals surface area contributed by atoms with E-state index in [1.54, 1.807) is 7.11 Å². The number of allylic oxidation sites excluding steroid dienone is 1. The van der Waals surface area contributed by atoms with Crippen molar-refractivity contribution < 1.29 is 9.47 Å². The van der Waals surface area contributed by atoms with Crippen LogP contribution in [0.5, 0.6) is 5.75 Å². The van der Waals surface area contributed by atoms with Crippen molar-refractivity contribution in [2.75, 3.05) is 7.11 Å². The first-order valence-corrected chi connectivity index (χ1v) is 7.08. The van der Waals surface area contributed by atoms with Crippen molar-refractivity contribution in [3.63, 3.8) is 0 Å². The van der Waals surface area contributed by atoms with Crippen molar-refractivity contribution in [3.8, 4) is 5.75 Å². The molecule has 1 saturated heterocycles. The molecular formula is C18H19NO2. The van der Waals surface area contributed by atoms with Gasteiger partial charge in [0.2, 0.25) is 0 Å². The molecule has 1 unspecified atom stereocenters. The minimum atomic E-state index is -0.769. The third kappa shape index (κ3) is 2.93.